The number of nitrogens with one attached hydrogen (secondary N) is 2. The molecule has 0 aliphatic rings. The van der Waals surface area contributed by atoms with Gasteiger partial charge in [-0.05, 0) is 44.0 Å². The number of nitrogens with zero attached hydrogens (tertiary/aromatic N) is 2. The topological polar surface area (TPSA) is 114 Å². The van der Waals surface area contributed by atoms with Gasteiger partial charge in [0.2, 0.25) is 0 Å². The van der Waals surface area contributed by atoms with E-state index in [4.69, 9.17) is 0 Å². The highest BCUT2D eigenvalue weighted by Crippen LogP contribution is 2.21. The molecular formula is C20H26N4O4. The number of phenols is 2. The molecule has 0 saturated carbocycles. The molecule has 150 valence electrons. The van der Waals surface area contributed by atoms with Gasteiger partial charge in [0, 0.05) is 20.3 Å². The van der Waals surface area contributed by atoms with Crippen molar-refractivity contribution < 1.29 is 19.8 Å². The lowest BCUT2D eigenvalue weighted by Gasteiger charge is -2.13. The van der Waals surface area contributed by atoms with Crippen LogP contribution in [0.4, 0.5) is 0 Å². The van der Waals surface area contributed by atoms with Crippen molar-refractivity contribution in [1.29, 1.82) is 0 Å². The summed E-state index contributed by atoms with van der Waals surface area (Å²) in [7, 11) is 3.43. The van der Waals surface area contributed by atoms with E-state index >= 15 is 0 Å². The number of hydrogen-bond acceptors (Lipinski definition) is 6. The molecular weight excluding hydrogens is 360 g/mol. The van der Waals surface area contributed by atoms with Gasteiger partial charge in [-0.2, -0.15) is 5.10 Å². The van der Waals surface area contributed by atoms with Crippen molar-refractivity contribution in [2.45, 2.75) is 20.8 Å². The molecule has 2 amide bonds. The number of carbonyl (C=O) groups excluding carboxylic acids is 2. The third-order valence-corrected chi connectivity index (χ3v) is 3.59. The lowest BCUT2D eigenvalue weighted by atomic mass is 10.1. The van der Waals surface area contributed by atoms with Gasteiger partial charge in [-0.1, -0.05) is 24.3 Å². The van der Waals surface area contributed by atoms with Crippen LogP contribution in [0.15, 0.2) is 41.5 Å². The summed E-state index contributed by atoms with van der Waals surface area (Å²) in [6.45, 7) is 5.17. The summed E-state index contributed by atoms with van der Waals surface area (Å²) in [4.78, 5) is 22.9. The fourth-order valence-electron chi connectivity index (χ4n) is 2.13. The second kappa shape index (κ2) is 10.7. The Kier molecular flexibility index (Phi) is 8.64. The van der Waals surface area contributed by atoms with Gasteiger partial charge in [-0.15, -0.1) is 0 Å². The number of rotatable bonds is 4. The van der Waals surface area contributed by atoms with Gasteiger partial charge < -0.3 is 10.2 Å². The summed E-state index contributed by atoms with van der Waals surface area (Å²) < 4.78 is 0. The fraction of sp³-hybridized carbons (Fsp3) is 0.250. The van der Waals surface area contributed by atoms with E-state index in [0.29, 0.717) is 16.7 Å². The molecule has 0 radical (unpaired) electrons. The van der Waals surface area contributed by atoms with Crippen molar-refractivity contribution >= 4 is 18.0 Å². The molecule has 0 saturated heterocycles. The average molecular weight is 386 g/mol. The second-order valence-electron chi connectivity index (χ2n) is 6.11. The van der Waals surface area contributed by atoms with Gasteiger partial charge in [0.25, 0.3) is 11.8 Å². The monoisotopic (exact) mass is 386 g/mol. The standard InChI is InChI=1S/C10H14N2O2.C10H12N2O2/c1-7-5-4-6-8(9(7)13)10(14)11-12(2)3;1-3-11-12-10(14)8-6-4-5-7(2)9(8)13/h4-6,13H,1-3H3,(H,11,14);3-6,13H,1-2H3,(H,12,14)/b;11-3-. The van der Waals surface area contributed by atoms with Gasteiger partial charge in [-0.3, -0.25) is 15.0 Å². The third kappa shape index (κ3) is 6.40. The molecule has 2 rings (SSSR count). The minimum Gasteiger partial charge on any atom is -0.507 e. The number of amides is 2. The maximum Gasteiger partial charge on any atom is 0.275 e. The van der Waals surface area contributed by atoms with Gasteiger partial charge in [0.1, 0.15) is 11.5 Å². The maximum absolute atomic E-state index is 11.5. The largest absolute Gasteiger partial charge is 0.507 e. The van der Waals surface area contributed by atoms with E-state index in [9.17, 15) is 19.8 Å². The van der Waals surface area contributed by atoms with Crippen molar-refractivity contribution in [2.75, 3.05) is 14.1 Å². The van der Waals surface area contributed by atoms with Gasteiger partial charge >= 0.3 is 0 Å². The van der Waals surface area contributed by atoms with Crippen molar-refractivity contribution in [3.63, 3.8) is 0 Å². The molecule has 0 aliphatic heterocycles. The first-order valence-electron chi connectivity index (χ1n) is 8.52. The predicted molar refractivity (Wildman–Crippen MR) is 108 cm³/mol. The summed E-state index contributed by atoms with van der Waals surface area (Å²) in [6, 6.07) is 10.1. The lowest BCUT2D eigenvalue weighted by molar-refractivity contribution is 0.0853. The number of phenolic OH excluding ortho intramolecular Hbond substituents is 2. The number of carbonyl (C=O) groups is 2. The Morgan fingerprint density at radius 3 is 1.82 bits per heavy atom. The van der Waals surface area contributed by atoms with Crippen LogP contribution in [0.2, 0.25) is 0 Å². The molecule has 0 fully saturated rings. The van der Waals surface area contributed by atoms with E-state index < -0.39 is 5.91 Å². The molecule has 8 heteroatoms. The van der Waals surface area contributed by atoms with Crippen LogP contribution < -0.4 is 10.9 Å². The summed E-state index contributed by atoms with van der Waals surface area (Å²) in [5, 5.41) is 24.3. The number of hydrogen-bond donors (Lipinski definition) is 4. The third-order valence-electron chi connectivity index (χ3n) is 3.59. The first-order valence-corrected chi connectivity index (χ1v) is 8.52. The number of hydrazine groups is 1. The Balaban J connectivity index is 0.000000280. The highest BCUT2D eigenvalue weighted by Gasteiger charge is 2.12. The average Bonchev–Trinajstić information content (AvgIpc) is 2.64. The molecule has 0 spiro atoms. The van der Waals surface area contributed by atoms with Crippen LogP contribution >= 0.6 is 0 Å². The minimum atomic E-state index is -0.413. The van der Waals surface area contributed by atoms with Crippen molar-refractivity contribution in [3.05, 3.63) is 58.7 Å². The maximum atomic E-state index is 11.5. The summed E-state index contributed by atoms with van der Waals surface area (Å²) in [5.74, 6) is -0.691. The number of para-hydroxylation sites is 2. The van der Waals surface area contributed by atoms with Crippen molar-refractivity contribution in [2.24, 2.45) is 5.10 Å². The van der Waals surface area contributed by atoms with Crippen LogP contribution in [0.1, 0.15) is 38.8 Å². The molecule has 0 atom stereocenters. The first-order chi connectivity index (χ1) is 13.2. The van der Waals surface area contributed by atoms with Crippen molar-refractivity contribution in [3.8, 4) is 11.5 Å². The SMILES string of the molecule is C/C=N\NC(=O)c1cccc(C)c1O.Cc1cccc(C(=O)NN(C)C)c1O. The molecule has 2 aromatic rings. The van der Waals surface area contributed by atoms with E-state index in [2.05, 4.69) is 16.0 Å². The zero-order valence-corrected chi connectivity index (χ0v) is 16.6. The molecule has 4 N–H and O–H groups in total. The highest BCUT2D eigenvalue weighted by atomic mass is 16.3. The molecule has 0 heterocycles. The molecule has 0 aliphatic carbocycles. The highest BCUT2D eigenvalue weighted by molar-refractivity contribution is 5.97. The Morgan fingerprint density at radius 1 is 0.929 bits per heavy atom. The fourth-order valence-corrected chi connectivity index (χ4v) is 2.13. The van der Waals surface area contributed by atoms with Crippen LogP contribution in [0.3, 0.4) is 0 Å². The quantitative estimate of drug-likeness (QED) is 0.476. The normalized spacial score (nSPS) is 10.4. The number of aromatic hydroxyl groups is 2. The smallest absolute Gasteiger partial charge is 0.275 e. The van der Waals surface area contributed by atoms with E-state index in [1.807, 2.05) is 0 Å². The van der Waals surface area contributed by atoms with Crippen molar-refractivity contribution in [1.82, 2.24) is 15.9 Å². The molecule has 0 unspecified atom stereocenters. The molecule has 8 nitrogen and oxygen atoms in total. The van der Waals surface area contributed by atoms with Crippen LogP contribution in [-0.2, 0) is 0 Å². The van der Waals surface area contributed by atoms with Crippen LogP contribution in [0, 0.1) is 13.8 Å². The molecule has 0 aromatic heterocycles. The number of benzene rings is 2. The number of hydrazone groups is 1. The van der Waals surface area contributed by atoms with E-state index in [0.717, 1.165) is 0 Å². The van der Waals surface area contributed by atoms with E-state index in [-0.39, 0.29) is 23.0 Å². The van der Waals surface area contributed by atoms with Crippen LogP contribution in [-0.4, -0.2) is 47.3 Å². The molecule has 28 heavy (non-hydrogen) atoms. The Hall–Kier alpha value is -3.39. The van der Waals surface area contributed by atoms with Gasteiger partial charge in [0.15, 0.2) is 0 Å². The van der Waals surface area contributed by atoms with Gasteiger partial charge in [0.05, 0.1) is 11.1 Å². The molecule has 2 aromatic carbocycles. The van der Waals surface area contributed by atoms with E-state index in [1.165, 1.54) is 11.2 Å². The summed E-state index contributed by atoms with van der Waals surface area (Å²) in [5.41, 5.74) is 6.73. The second-order valence-corrected chi connectivity index (χ2v) is 6.11. The number of aryl methyl sites for hydroxylation is 2. The first kappa shape index (κ1) is 22.7. The zero-order valence-electron chi connectivity index (χ0n) is 16.6. The Bertz CT molecular complexity index is 863. The Labute approximate surface area is 164 Å². The summed E-state index contributed by atoms with van der Waals surface area (Å²) >= 11 is 0. The van der Waals surface area contributed by atoms with Crippen LogP contribution in [0.5, 0.6) is 11.5 Å². The van der Waals surface area contributed by atoms with E-state index in [1.54, 1.807) is 71.3 Å². The molecule has 0 bridgehead atoms. The van der Waals surface area contributed by atoms with Crippen LogP contribution in [0.25, 0.3) is 0 Å². The predicted octanol–water partition coefficient (Wildman–Crippen LogP) is 2.34. The van der Waals surface area contributed by atoms with Gasteiger partial charge in [-0.25, -0.2) is 10.4 Å². The Morgan fingerprint density at radius 2 is 1.39 bits per heavy atom. The lowest BCUT2D eigenvalue weighted by Crippen LogP contribution is -2.36. The summed E-state index contributed by atoms with van der Waals surface area (Å²) in [6.07, 6.45) is 1.46. The zero-order chi connectivity index (χ0) is 21.3. The minimum absolute atomic E-state index is 0.00342.